The Bertz CT molecular complexity index is 1270. The minimum Gasteiger partial charge on any atom is -0.444 e. The molecule has 6 rings (SSSR count). The number of hydrogen-bond acceptors (Lipinski definition) is 5. The Morgan fingerprint density at radius 1 is 1.06 bits per heavy atom. The number of rotatable bonds is 2. The lowest BCUT2D eigenvalue weighted by Gasteiger charge is -2.45. The van der Waals surface area contributed by atoms with Gasteiger partial charge in [-0.2, -0.15) is 5.10 Å². The van der Waals surface area contributed by atoms with Gasteiger partial charge in [0, 0.05) is 12.0 Å². The van der Waals surface area contributed by atoms with Crippen LogP contribution in [0.15, 0.2) is 88.9 Å². The van der Waals surface area contributed by atoms with Crippen LogP contribution in [-0.2, 0) is 0 Å². The number of carbonyl (C=O) groups is 1. The molecule has 2 unspecified atom stereocenters. The van der Waals surface area contributed by atoms with Crippen molar-refractivity contribution in [3.05, 3.63) is 106 Å². The van der Waals surface area contributed by atoms with Crippen LogP contribution in [0.4, 0.5) is 4.79 Å². The summed E-state index contributed by atoms with van der Waals surface area (Å²) in [6, 6.07) is 26.4. The van der Waals surface area contributed by atoms with Gasteiger partial charge in [0.25, 0.3) is 5.24 Å². The molecule has 3 aliphatic heterocycles. The average molecular weight is 440 g/mol. The smallest absolute Gasteiger partial charge is 0.314 e. The predicted molar refractivity (Wildman–Crippen MR) is 127 cm³/mol. The molecule has 0 radical (unpaired) electrons. The van der Waals surface area contributed by atoms with E-state index in [0.29, 0.717) is 0 Å². The fourth-order valence-corrected chi connectivity index (χ4v) is 5.39. The highest BCUT2D eigenvalue weighted by Gasteiger charge is 2.58. The number of hydrazone groups is 1. The molecule has 3 aromatic carbocycles. The second-order valence-corrected chi connectivity index (χ2v) is 9.21. The van der Waals surface area contributed by atoms with E-state index in [0.717, 1.165) is 39.5 Å². The van der Waals surface area contributed by atoms with Crippen molar-refractivity contribution in [3.63, 3.8) is 0 Å². The average Bonchev–Trinajstić information content (AvgIpc) is 3.39. The molecule has 1 saturated heterocycles. The Balaban J connectivity index is 1.51. The van der Waals surface area contributed by atoms with Crippen LogP contribution >= 0.6 is 11.8 Å². The second kappa shape index (κ2) is 7.28. The summed E-state index contributed by atoms with van der Waals surface area (Å²) < 4.78 is 6.56. The van der Waals surface area contributed by atoms with E-state index in [-0.39, 0.29) is 11.3 Å². The predicted octanol–water partition coefficient (Wildman–Crippen LogP) is 5.69. The molecule has 32 heavy (non-hydrogen) atoms. The third-order valence-electron chi connectivity index (χ3n) is 6.06. The molecule has 5 nitrogen and oxygen atoms in total. The van der Waals surface area contributed by atoms with Crippen molar-refractivity contribution < 1.29 is 9.53 Å². The van der Waals surface area contributed by atoms with Gasteiger partial charge in [-0.05, 0) is 42.0 Å². The molecular formula is C26H21N3O2S. The first-order chi connectivity index (χ1) is 15.6. The van der Waals surface area contributed by atoms with Crippen LogP contribution in [0.2, 0.25) is 0 Å². The molecule has 0 bridgehead atoms. The Hall–Kier alpha value is -3.51. The molecule has 6 heteroatoms. The van der Waals surface area contributed by atoms with Crippen molar-refractivity contribution in [1.82, 2.24) is 10.3 Å². The molecule has 3 aromatic rings. The molecule has 3 heterocycles. The molecule has 1 amide bonds. The lowest BCUT2D eigenvalue weighted by molar-refractivity contribution is -0.0949. The monoisotopic (exact) mass is 439 g/mol. The molecule has 2 atom stereocenters. The highest BCUT2D eigenvalue weighted by molar-refractivity contribution is 8.17. The molecular weight excluding hydrogens is 418 g/mol. The first-order valence-corrected chi connectivity index (χ1v) is 11.4. The molecule has 1 N–H and O–H groups in total. The number of nitrogens with one attached hydrogen (secondary N) is 1. The number of thioether (sulfide) groups is 1. The van der Waals surface area contributed by atoms with Gasteiger partial charge in [-0.1, -0.05) is 78.4 Å². The lowest BCUT2D eigenvalue weighted by Crippen LogP contribution is -2.61. The van der Waals surface area contributed by atoms with Crippen LogP contribution in [0.5, 0.6) is 5.75 Å². The van der Waals surface area contributed by atoms with Gasteiger partial charge < -0.3 is 4.74 Å². The Kier molecular flexibility index (Phi) is 4.36. The molecule has 3 aliphatic rings. The van der Waals surface area contributed by atoms with Crippen LogP contribution in [0.3, 0.4) is 0 Å². The largest absolute Gasteiger partial charge is 0.444 e. The van der Waals surface area contributed by atoms with Gasteiger partial charge >= 0.3 is 5.85 Å². The summed E-state index contributed by atoms with van der Waals surface area (Å²) in [6.07, 6.45) is 2.76. The van der Waals surface area contributed by atoms with E-state index in [9.17, 15) is 4.79 Å². The van der Waals surface area contributed by atoms with Crippen molar-refractivity contribution in [2.45, 2.75) is 25.2 Å². The molecule has 0 saturated carbocycles. The fraction of sp³-hybridized carbons (Fsp3) is 0.154. The fourth-order valence-electron chi connectivity index (χ4n) is 4.48. The summed E-state index contributed by atoms with van der Waals surface area (Å²) in [7, 11) is 0. The first-order valence-electron chi connectivity index (χ1n) is 10.6. The van der Waals surface area contributed by atoms with Crippen molar-refractivity contribution in [2.75, 3.05) is 0 Å². The highest BCUT2D eigenvalue weighted by Crippen LogP contribution is 2.52. The summed E-state index contributed by atoms with van der Waals surface area (Å²) in [5.41, 5.74) is 5.34. The number of carbonyl (C=O) groups excluding carboxylic acids is 1. The number of amides is 1. The maximum absolute atomic E-state index is 12.7. The van der Waals surface area contributed by atoms with Gasteiger partial charge in [0.2, 0.25) is 0 Å². The second-order valence-electron chi connectivity index (χ2n) is 8.19. The van der Waals surface area contributed by atoms with Gasteiger partial charge in [0.05, 0.1) is 16.7 Å². The van der Waals surface area contributed by atoms with E-state index in [2.05, 4.69) is 54.7 Å². The van der Waals surface area contributed by atoms with Crippen LogP contribution in [0.25, 0.3) is 6.08 Å². The maximum Gasteiger partial charge on any atom is 0.314 e. The van der Waals surface area contributed by atoms with Crippen molar-refractivity contribution in [3.8, 4) is 5.75 Å². The van der Waals surface area contributed by atoms with E-state index in [1.54, 1.807) is 0 Å². The Morgan fingerprint density at radius 2 is 1.81 bits per heavy atom. The number of para-hydroxylation sites is 1. The standard InChI is InChI=1S/C26H21N3O2S/c1-17-11-13-18(14-12-17)15-24-26(27-25(30)32-24)29-22(20-9-5-6-10-23(20)31-26)16-21(28-29)19-7-3-2-4-8-19/h2-15,22H,16H2,1H3,(H,27,30)/b24-15-. The van der Waals surface area contributed by atoms with E-state index in [1.807, 2.05) is 47.5 Å². The van der Waals surface area contributed by atoms with Crippen molar-refractivity contribution in [2.24, 2.45) is 5.10 Å². The number of aryl methyl sites for hydroxylation is 1. The topological polar surface area (TPSA) is 53.9 Å². The maximum atomic E-state index is 12.7. The van der Waals surface area contributed by atoms with E-state index >= 15 is 0 Å². The van der Waals surface area contributed by atoms with Crippen molar-refractivity contribution in [1.29, 1.82) is 0 Å². The number of nitrogens with zero attached hydrogens (tertiary/aromatic N) is 2. The quantitative estimate of drug-likeness (QED) is 0.557. The van der Waals surface area contributed by atoms with Gasteiger partial charge in [-0.3, -0.25) is 10.1 Å². The Labute approximate surface area is 190 Å². The summed E-state index contributed by atoms with van der Waals surface area (Å²) in [5, 5.41) is 9.89. The number of benzene rings is 3. The van der Waals surface area contributed by atoms with Crippen LogP contribution < -0.4 is 10.1 Å². The zero-order valence-corrected chi connectivity index (χ0v) is 18.3. The zero-order chi connectivity index (χ0) is 21.7. The third-order valence-corrected chi connectivity index (χ3v) is 6.96. The SMILES string of the molecule is Cc1ccc(/C=C2\SC(=O)NC23Oc2ccccc2C2CC(c4ccccc4)=NN23)cc1. The van der Waals surface area contributed by atoms with Crippen LogP contribution in [-0.4, -0.2) is 21.8 Å². The number of fused-ring (bicyclic) bond motifs is 4. The van der Waals surface area contributed by atoms with Gasteiger partial charge in [-0.15, -0.1) is 0 Å². The van der Waals surface area contributed by atoms with Crippen LogP contribution in [0, 0.1) is 6.92 Å². The summed E-state index contributed by atoms with van der Waals surface area (Å²) in [4.78, 5) is 13.5. The summed E-state index contributed by atoms with van der Waals surface area (Å²) >= 11 is 1.17. The summed E-state index contributed by atoms with van der Waals surface area (Å²) in [6.45, 7) is 2.06. The van der Waals surface area contributed by atoms with E-state index < -0.39 is 5.85 Å². The minimum absolute atomic E-state index is 0.0319. The minimum atomic E-state index is -1.16. The third kappa shape index (κ3) is 3.02. The van der Waals surface area contributed by atoms with Gasteiger partial charge in [0.1, 0.15) is 5.75 Å². The molecule has 0 aliphatic carbocycles. The van der Waals surface area contributed by atoms with Crippen LogP contribution in [0.1, 0.15) is 34.7 Å². The van der Waals surface area contributed by atoms with E-state index in [4.69, 9.17) is 9.84 Å². The molecule has 1 fully saturated rings. The highest BCUT2D eigenvalue weighted by atomic mass is 32.2. The first kappa shape index (κ1) is 19.2. The number of ether oxygens (including phenoxy) is 1. The van der Waals surface area contributed by atoms with E-state index in [1.165, 1.54) is 17.3 Å². The molecule has 1 spiro atoms. The number of hydrogen-bond donors (Lipinski definition) is 1. The lowest BCUT2D eigenvalue weighted by atomic mass is 9.95. The van der Waals surface area contributed by atoms with Gasteiger partial charge in [0.15, 0.2) is 0 Å². The molecule has 0 aromatic heterocycles. The van der Waals surface area contributed by atoms with Crippen molar-refractivity contribution >= 4 is 28.8 Å². The van der Waals surface area contributed by atoms with Gasteiger partial charge in [-0.25, -0.2) is 5.01 Å². The normalized spacial score (nSPS) is 24.7. The summed E-state index contributed by atoms with van der Waals surface area (Å²) in [5.74, 6) is -0.391. The zero-order valence-electron chi connectivity index (χ0n) is 17.5. The molecule has 158 valence electrons. The Morgan fingerprint density at radius 3 is 2.62 bits per heavy atom.